The zero-order valence-electron chi connectivity index (χ0n) is 13.2. The van der Waals surface area contributed by atoms with Crippen LogP contribution in [0.3, 0.4) is 0 Å². The fourth-order valence-electron chi connectivity index (χ4n) is 3.78. The van der Waals surface area contributed by atoms with Crippen LogP contribution in [0.4, 0.5) is 0 Å². The van der Waals surface area contributed by atoms with Crippen LogP contribution in [0.15, 0.2) is 18.3 Å². The molecule has 116 valence electrons. The first-order chi connectivity index (χ1) is 10.4. The number of hydrogen-bond acceptors (Lipinski definition) is 3. The average Bonchev–Trinajstić information content (AvgIpc) is 3.17. The SMILES string of the molecule is CCCNC(CSC1CCCC1)C1CCc2cccnc21. The molecule has 2 aliphatic carbocycles. The van der Waals surface area contributed by atoms with E-state index >= 15 is 0 Å². The highest BCUT2D eigenvalue weighted by Gasteiger charge is 2.31. The highest BCUT2D eigenvalue weighted by Crippen LogP contribution is 2.37. The van der Waals surface area contributed by atoms with Crippen molar-refractivity contribution in [3.63, 3.8) is 0 Å². The van der Waals surface area contributed by atoms with Gasteiger partial charge in [0.15, 0.2) is 0 Å². The second kappa shape index (κ2) is 7.64. The van der Waals surface area contributed by atoms with Crippen molar-refractivity contribution in [3.05, 3.63) is 29.6 Å². The second-order valence-corrected chi connectivity index (χ2v) is 7.83. The first kappa shape index (κ1) is 15.4. The molecule has 1 heterocycles. The smallest absolute Gasteiger partial charge is 0.0482 e. The molecule has 0 spiro atoms. The summed E-state index contributed by atoms with van der Waals surface area (Å²) in [5, 5.41) is 4.73. The molecule has 0 bridgehead atoms. The molecule has 0 saturated heterocycles. The molecule has 2 aliphatic rings. The Hall–Kier alpha value is -0.540. The Morgan fingerprint density at radius 1 is 1.33 bits per heavy atom. The summed E-state index contributed by atoms with van der Waals surface area (Å²) in [5.74, 6) is 1.88. The van der Waals surface area contributed by atoms with E-state index in [2.05, 4.69) is 36.1 Å². The van der Waals surface area contributed by atoms with Crippen molar-refractivity contribution in [1.82, 2.24) is 10.3 Å². The lowest BCUT2D eigenvalue weighted by Gasteiger charge is -2.26. The largest absolute Gasteiger partial charge is 0.312 e. The predicted octanol–water partition coefficient (Wildman–Crippen LogP) is 4.16. The van der Waals surface area contributed by atoms with Gasteiger partial charge in [0.25, 0.3) is 0 Å². The molecule has 0 aromatic carbocycles. The van der Waals surface area contributed by atoms with E-state index in [-0.39, 0.29) is 0 Å². The van der Waals surface area contributed by atoms with Crippen molar-refractivity contribution in [1.29, 1.82) is 0 Å². The molecule has 0 aliphatic heterocycles. The van der Waals surface area contributed by atoms with Crippen molar-refractivity contribution in [2.75, 3.05) is 12.3 Å². The Bertz CT molecular complexity index is 443. The summed E-state index contributed by atoms with van der Waals surface area (Å²) in [6.07, 6.45) is 11.4. The molecule has 1 N–H and O–H groups in total. The van der Waals surface area contributed by atoms with Crippen LogP contribution >= 0.6 is 11.8 Å². The molecule has 2 unspecified atom stereocenters. The van der Waals surface area contributed by atoms with Crippen molar-refractivity contribution in [2.24, 2.45) is 0 Å². The summed E-state index contributed by atoms with van der Waals surface area (Å²) in [4.78, 5) is 4.70. The molecule has 0 amide bonds. The van der Waals surface area contributed by atoms with E-state index in [1.807, 2.05) is 6.20 Å². The van der Waals surface area contributed by atoms with Crippen molar-refractivity contribution in [2.45, 2.75) is 69.1 Å². The van der Waals surface area contributed by atoms with Crippen LogP contribution in [0.1, 0.15) is 62.6 Å². The third-order valence-corrected chi connectivity index (χ3v) is 6.45. The first-order valence-electron chi connectivity index (χ1n) is 8.67. The Morgan fingerprint density at radius 3 is 3.00 bits per heavy atom. The summed E-state index contributed by atoms with van der Waals surface area (Å²) >= 11 is 2.21. The van der Waals surface area contributed by atoms with Crippen molar-refractivity contribution >= 4 is 11.8 Å². The standard InChI is InChI=1S/C18H28N2S/c1-2-11-19-17(13-21-15-7-3-4-8-15)16-10-9-14-6-5-12-20-18(14)16/h5-6,12,15-17,19H,2-4,7-11,13H2,1H3. The van der Waals surface area contributed by atoms with Gasteiger partial charge in [-0.15, -0.1) is 0 Å². The summed E-state index contributed by atoms with van der Waals surface area (Å²) in [5.41, 5.74) is 2.86. The zero-order valence-corrected chi connectivity index (χ0v) is 14.0. The lowest BCUT2D eigenvalue weighted by Crippen LogP contribution is -2.37. The molecule has 2 nitrogen and oxygen atoms in total. The lowest BCUT2D eigenvalue weighted by atomic mass is 9.98. The van der Waals surface area contributed by atoms with Crippen LogP contribution in [0.25, 0.3) is 0 Å². The van der Waals surface area contributed by atoms with E-state index in [1.165, 1.54) is 62.0 Å². The number of nitrogens with one attached hydrogen (secondary N) is 1. The molecule has 1 aromatic heterocycles. The molecule has 2 atom stereocenters. The van der Waals surface area contributed by atoms with E-state index in [4.69, 9.17) is 4.98 Å². The third-order valence-electron chi connectivity index (χ3n) is 4.96. The van der Waals surface area contributed by atoms with Crippen LogP contribution in [-0.4, -0.2) is 28.6 Å². The number of fused-ring (bicyclic) bond motifs is 1. The maximum absolute atomic E-state index is 4.70. The fourth-order valence-corrected chi connectivity index (χ4v) is 5.27. The summed E-state index contributed by atoms with van der Waals surface area (Å²) in [6, 6.07) is 4.96. The first-order valence-corrected chi connectivity index (χ1v) is 9.72. The number of aromatic nitrogens is 1. The number of nitrogens with zero attached hydrogens (tertiary/aromatic N) is 1. The maximum Gasteiger partial charge on any atom is 0.0482 e. The second-order valence-electron chi connectivity index (χ2n) is 6.49. The van der Waals surface area contributed by atoms with Gasteiger partial charge >= 0.3 is 0 Å². The molecule has 3 rings (SSSR count). The number of thioether (sulfide) groups is 1. The molecular weight excluding hydrogens is 276 g/mol. The number of hydrogen-bond donors (Lipinski definition) is 1. The Morgan fingerprint density at radius 2 is 2.19 bits per heavy atom. The lowest BCUT2D eigenvalue weighted by molar-refractivity contribution is 0.457. The van der Waals surface area contributed by atoms with Gasteiger partial charge in [-0.25, -0.2) is 0 Å². The van der Waals surface area contributed by atoms with Gasteiger partial charge in [0, 0.05) is 34.9 Å². The highest BCUT2D eigenvalue weighted by atomic mass is 32.2. The van der Waals surface area contributed by atoms with E-state index in [9.17, 15) is 0 Å². The molecule has 1 saturated carbocycles. The number of rotatable bonds is 7. The molecule has 1 fully saturated rings. The van der Waals surface area contributed by atoms with Crippen molar-refractivity contribution in [3.8, 4) is 0 Å². The van der Waals surface area contributed by atoms with Gasteiger partial charge in [-0.3, -0.25) is 4.98 Å². The highest BCUT2D eigenvalue weighted by molar-refractivity contribution is 7.99. The minimum absolute atomic E-state index is 0.603. The van der Waals surface area contributed by atoms with Crippen LogP contribution in [0, 0.1) is 0 Å². The number of pyridine rings is 1. The van der Waals surface area contributed by atoms with E-state index in [0.717, 1.165) is 11.8 Å². The minimum atomic E-state index is 0.603. The predicted molar refractivity (Wildman–Crippen MR) is 92.1 cm³/mol. The van der Waals surface area contributed by atoms with Crippen LogP contribution < -0.4 is 5.32 Å². The van der Waals surface area contributed by atoms with Gasteiger partial charge in [0.05, 0.1) is 0 Å². The summed E-state index contributed by atoms with van der Waals surface area (Å²) < 4.78 is 0. The summed E-state index contributed by atoms with van der Waals surface area (Å²) in [6.45, 7) is 3.39. The third kappa shape index (κ3) is 3.81. The average molecular weight is 305 g/mol. The van der Waals surface area contributed by atoms with Gasteiger partial charge in [-0.1, -0.05) is 25.8 Å². The van der Waals surface area contributed by atoms with E-state index in [1.54, 1.807) is 0 Å². The van der Waals surface area contributed by atoms with Crippen LogP contribution in [0.5, 0.6) is 0 Å². The Labute approximate surface area is 133 Å². The van der Waals surface area contributed by atoms with Crippen LogP contribution in [0.2, 0.25) is 0 Å². The van der Waals surface area contributed by atoms with Gasteiger partial charge in [0.2, 0.25) is 0 Å². The maximum atomic E-state index is 4.70. The van der Waals surface area contributed by atoms with Gasteiger partial charge in [-0.05, 0) is 50.3 Å². The monoisotopic (exact) mass is 304 g/mol. The van der Waals surface area contributed by atoms with Crippen LogP contribution in [-0.2, 0) is 6.42 Å². The molecule has 21 heavy (non-hydrogen) atoms. The molecule has 1 aromatic rings. The van der Waals surface area contributed by atoms with Gasteiger partial charge in [-0.2, -0.15) is 11.8 Å². The topological polar surface area (TPSA) is 24.9 Å². The minimum Gasteiger partial charge on any atom is -0.312 e. The van der Waals surface area contributed by atoms with Gasteiger partial charge < -0.3 is 5.32 Å². The van der Waals surface area contributed by atoms with E-state index in [0.29, 0.717) is 12.0 Å². The normalized spacial score (nSPS) is 23.4. The van der Waals surface area contributed by atoms with Gasteiger partial charge in [0.1, 0.15) is 0 Å². The zero-order chi connectivity index (χ0) is 14.5. The van der Waals surface area contributed by atoms with E-state index < -0.39 is 0 Å². The van der Waals surface area contributed by atoms with Crippen molar-refractivity contribution < 1.29 is 0 Å². The molecule has 3 heteroatoms. The fraction of sp³-hybridized carbons (Fsp3) is 0.722. The summed E-state index contributed by atoms with van der Waals surface area (Å²) in [7, 11) is 0. The Kier molecular flexibility index (Phi) is 5.59. The molecular formula is C18H28N2S. The quantitative estimate of drug-likeness (QED) is 0.819. The number of aryl methyl sites for hydroxylation is 1. The Balaban J connectivity index is 1.64. The molecule has 0 radical (unpaired) electrons.